The molecule has 0 rings (SSSR count). The standard InChI is InChI=1S/C8H12N2O3/c1-10(2)8(13)6(3-4-11)7(12)5-9/h3-4H,5,9H2,1-2H3. The normalized spacial score (nSPS) is 10.8. The van der Waals surface area contributed by atoms with Crippen LogP contribution < -0.4 is 5.73 Å². The van der Waals surface area contributed by atoms with Crippen molar-refractivity contribution in [2.75, 3.05) is 20.6 Å². The fraction of sp³-hybridized carbons (Fsp3) is 0.375. The van der Waals surface area contributed by atoms with Gasteiger partial charge in [-0.3, -0.25) is 14.4 Å². The maximum absolute atomic E-state index is 11.3. The van der Waals surface area contributed by atoms with Crippen molar-refractivity contribution in [3.8, 4) is 0 Å². The Hall–Kier alpha value is -1.49. The van der Waals surface area contributed by atoms with Crippen molar-refractivity contribution < 1.29 is 14.4 Å². The first-order valence-electron chi connectivity index (χ1n) is 3.65. The molecule has 0 radical (unpaired) electrons. The molecule has 0 unspecified atom stereocenters. The van der Waals surface area contributed by atoms with Gasteiger partial charge in [0, 0.05) is 14.1 Å². The number of carbonyl (C=O) groups is 3. The lowest BCUT2D eigenvalue weighted by molar-refractivity contribution is -0.127. The molecule has 0 bridgehead atoms. The molecule has 2 N–H and O–H groups in total. The highest BCUT2D eigenvalue weighted by Crippen LogP contribution is 1.98. The highest BCUT2D eigenvalue weighted by molar-refractivity contribution is 6.21. The molecule has 13 heavy (non-hydrogen) atoms. The second kappa shape index (κ2) is 5.21. The molecular weight excluding hydrogens is 172 g/mol. The van der Waals surface area contributed by atoms with Crippen molar-refractivity contribution in [1.82, 2.24) is 4.90 Å². The fourth-order valence-electron chi connectivity index (χ4n) is 0.702. The quantitative estimate of drug-likeness (QED) is 0.255. The van der Waals surface area contributed by atoms with Crippen LogP contribution in [0.15, 0.2) is 11.6 Å². The lowest BCUT2D eigenvalue weighted by Gasteiger charge is -2.10. The Morgan fingerprint density at radius 1 is 1.38 bits per heavy atom. The zero-order chi connectivity index (χ0) is 10.4. The Kier molecular flexibility index (Phi) is 4.61. The summed E-state index contributed by atoms with van der Waals surface area (Å²) < 4.78 is 0. The number of carbonyl (C=O) groups excluding carboxylic acids is 3. The minimum absolute atomic E-state index is 0.178. The van der Waals surface area contributed by atoms with Gasteiger partial charge in [-0.1, -0.05) is 0 Å². The predicted octanol–water partition coefficient (Wildman–Crippen LogP) is -1.27. The highest BCUT2D eigenvalue weighted by Gasteiger charge is 2.17. The molecule has 0 atom stereocenters. The summed E-state index contributed by atoms with van der Waals surface area (Å²) in [6.45, 7) is -0.279. The molecule has 0 aliphatic carbocycles. The van der Waals surface area contributed by atoms with E-state index >= 15 is 0 Å². The average Bonchev–Trinajstić information content (AvgIpc) is 2.11. The molecule has 0 heterocycles. The van der Waals surface area contributed by atoms with Gasteiger partial charge in [0.05, 0.1) is 12.1 Å². The van der Waals surface area contributed by atoms with Gasteiger partial charge in [0.25, 0.3) is 5.91 Å². The third kappa shape index (κ3) is 3.16. The second-order valence-electron chi connectivity index (χ2n) is 2.54. The number of ketones is 1. The first-order chi connectivity index (χ1) is 6.04. The van der Waals surface area contributed by atoms with E-state index in [2.05, 4.69) is 0 Å². The molecule has 72 valence electrons. The third-order valence-electron chi connectivity index (χ3n) is 1.36. The van der Waals surface area contributed by atoms with Crippen LogP contribution in [0, 0.1) is 0 Å². The lowest BCUT2D eigenvalue weighted by Crippen LogP contribution is -2.30. The summed E-state index contributed by atoms with van der Waals surface area (Å²) in [6, 6.07) is 0. The van der Waals surface area contributed by atoms with Crippen LogP contribution in [0.25, 0.3) is 0 Å². The Balaban J connectivity index is 4.83. The van der Waals surface area contributed by atoms with E-state index in [0.717, 1.165) is 6.08 Å². The van der Waals surface area contributed by atoms with Crippen LogP contribution in [0.5, 0.6) is 0 Å². The zero-order valence-electron chi connectivity index (χ0n) is 7.61. The molecule has 0 saturated heterocycles. The van der Waals surface area contributed by atoms with Gasteiger partial charge in [-0.15, -0.1) is 0 Å². The summed E-state index contributed by atoms with van der Waals surface area (Å²) >= 11 is 0. The Labute approximate surface area is 76.2 Å². The number of hydrogen-bond donors (Lipinski definition) is 1. The van der Waals surface area contributed by atoms with Gasteiger partial charge in [0.2, 0.25) is 0 Å². The molecular formula is C8H12N2O3. The minimum Gasteiger partial charge on any atom is -0.345 e. The van der Waals surface area contributed by atoms with E-state index < -0.39 is 11.7 Å². The van der Waals surface area contributed by atoms with Crippen LogP contribution >= 0.6 is 0 Å². The number of rotatable bonds is 4. The molecule has 0 fully saturated rings. The second-order valence-corrected chi connectivity index (χ2v) is 2.54. The number of nitrogens with zero attached hydrogens (tertiary/aromatic N) is 1. The number of amides is 1. The maximum Gasteiger partial charge on any atom is 0.257 e. The molecule has 0 spiro atoms. The maximum atomic E-state index is 11.3. The summed E-state index contributed by atoms with van der Waals surface area (Å²) in [5.74, 6) is -1.05. The van der Waals surface area contributed by atoms with Gasteiger partial charge in [-0.25, -0.2) is 0 Å². The lowest BCUT2D eigenvalue weighted by atomic mass is 10.1. The van der Waals surface area contributed by atoms with Crippen LogP contribution in [-0.2, 0) is 14.4 Å². The fourth-order valence-corrected chi connectivity index (χ4v) is 0.702. The van der Waals surface area contributed by atoms with Crippen LogP contribution in [0.1, 0.15) is 0 Å². The summed E-state index contributed by atoms with van der Waals surface area (Å²) in [5.41, 5.74) is 4.89. The zero-order valence-corrected chi connectivity index (χ0v) is 7.61. The Morgan fingerprint density at radius 3 is 2.23 bits per heavy atom. The molecule has 0 aliphatic rings. The van der Waals surface area contributed by atoms with Crippen molar-refractivity contribution in [2.45, 2.75) is 0 Å². The largest absolute Gasteiger partial charge is 0.345 e. The average molecular weight is 184 g/mol. The predicted molar refractivity (Wildman–Crippen MR) is 46.9 cm³/mol. The van der Waals surface area contributed by atoms with E-state index in [-0.39, 0.29) is 12.1 Å². The van der Waals surface area contributed by atoms with Gasteiger partial charge >= 0.3 is 0 Å². The number of aldehydes is 1. The first-order valence-corrected chi connectivity index (χ1v) is 3.65. The number of allylic oxidation sites excluding steroid dienone is 1. The smallest absolute Gasteiger partial charge is 0.257 e. The van der Waals surface area contributed by atoms with E-state index in [0.29, 0.717) is 6.29 Å². The van der Waals surface area contributed by atoms with E-state index in [1.165, 1.54) is 19.0 Å². The van der Waals surface area contributed by atoms with Crippen molar-refractivity contribution in [1.29, 1.82) is 0 Å². The van der Waals surface area contributed by atoms with Crippen molar-refractivity contribution in [3.63, 3.8) is 0 Å². The molecule has 1 amide bonds. The first kappa shape index (κ1) is 11.5. The van der Waals surface area contributed by atoms with Gasteiger partial charge < -0.3 is 10.6 Å². The SMILES string of the molecule is CN(C)C(=O)C(=CC=O)C(=O)CN. The summed E-state index contributed by atoms with van der Waals surface area (Å²) in [7, 11) is 2.98. The van der Waals surface area contributed by atoms with Crippen molar-refractivity contribution in [2.24, 2.45) is 5.73 Å². The van der Waals surface area contributed by atoms with E-state index in [1.807, 2.05) is 0 Å². The molecule has 0 aromatic heterocycles. The van der Waals surface area contributed by atoms with Gasteiger partial charge in [0.1, 0.15) is 6.29 Å². The number of nitrogens with two attached hydrogens (primary N) is 1. The van der Waals surface area contributed by atoms with Crippen LogP contribution in [0.3, 0.4) is 0 Å². The summed E-state index contributed by atoms with van der Waals surface area (Å²) in [4.78, 5) is 33.6. The molecule has 5 nitrogen and oxygen atoms in total. The minimum atomic E-state index is -0.536. The van der Waals surface area contributed by atoms with Crippen molar-refractivity contribution in [3.05, 3.63) is 11.6 Å². The van der Waals surface area contributed by atoms with Gasteiger partial charge in [-0.05, 0) is 6.08 Å². The summed E-state index contributed by atoms with van der Waals surface area (Å²) in [6.07, 6.45) is 1.32. The Bertz CT molecular complexity index is 256. The number of Topliss-reactive ketones (excluding diaryl/α,β-unsaturated/α-hetero) is 1. The molecule has 5 heteroatoms. The molecule has 0 aromatic carbocycles. The number of hydrogen-bond acceptors (Lipinski definition) is 4. The van der Waals surface area contributed by atoms with Crippen LogP contribution in [0.4, 0.5) is 0 Å². The molecule has 0 aromatic rings. The topological polar surface area (TPSA) is 80.5 Å². The monoisotopic (exact) mass is 184 g/mol. The molecule has 0 aliphatic heterocycles. The van der Waals surface area contributed by atoms with E-state index in [1.54, 1.807) is 0 Å². The Morgan fingerprint density at radius 2 is 1.92 bits per heavy atom. The van der Waals surface area contributed by atoms with Gasteiger partial charge in [-0.2, -0.15) is 0 Å². The van der Waals surface area contributed by atoms with Crippen LogP contribution in [-0.4, -0.2) is 43.5 Å². The third-order valence-corrected chi connectivity index (χ3v) is 1.36. The van der Waals surface area contributed by atoms with Crippen molar-refractivity contribution >= 4 is 18.0 Å². The highest BCUT2D eigenvalue weighted by atomic mass is 16.2. The number of likely N-dealkylation sites (N-methyl/N-ethyl adjacent to an activating group) is 1. The van der Waals surface area contributed by atoms with E-state index in [4.69, 9.17) is 5.73 Å². The summed E-state index contributed by atoms with van der Waals surface area (Å²) in [5, 5.41) is 0. The van der Waals surface area contributed by atoms with Crippen LogP contribution in [0.2, 0.25) is 0 Å². The van der Waals surface area contributed by atoms with Gasteiger partial charge in [0.15, 0.2) is 5.78 Å². The van der Waals surface area contributed by atoms with E-state index in [9.17, 15) is 14.4 Å². The molecule has 0 saturated carbocycles.